The Morgan fingerprint density at radius 1 is 1.26 bits per heavy atom. The van der Waals surface area contributed by atoms with E-state index >= 15 is 0 Å². The average Bonchev–Trinajstić information content (AvgIpc) is 2.89. The van der Waals surface area contributed by atoms with Crippen LogP contribution >= 0.6 is 15.9 Å². The predicted octanol–water partition coefficient (Wildman–Crippen LogP) is 4.08. The zero-order valence-corrected chi connectivity index (χ0v) is 13.4. The van der Waals surface area contributed by atoms with Crippen LogP contribution in [-0.2, 0) is 0 Å². The van der Waals surface area contributed by atoms with Crippen LogP contribution in [0.1, 0.15) is 47.2 Å². The van der Waals surface area contributed by atoms with E-state index in [0.29, 0.717) is 6.04 Å². The molecule has 0 heterocycles. The summed E-state index contributed by atoms with van der Waals surface area (Å²) in [6, 6.07) is 6.51. The summed E-state index contributed by atoms with van der Waals surface area (Å²) in [5.74, 6) is 0.210. The molecule has 2 nitrogen and oxygen atoms in total. The first-order valence-electron chi connectivity index (χ1n) is 7.08. The zero-order valence-electron chi connectivity index (χ0n) is 11.8. The molecular weight excluding hydrogens is 302 g/mol. The summed E-state index contributed by atoms with van der Waals surface area (Å²) in [6.45, 7) is 4.86. The van der Waals surface area contributed by atoms with Gasteiger partial charge in [0.25, 0.3) is 5.91 Å². The van der Waals surface area contributed by atoms with Crippen molar-refractivity contribution in [2.45, 2.75) is 45.6 Å². The molecule has 1 saturated carbocycles. The topological polar surface area (TPSA) is 20.3 Å². The largest absolute Gasteiger partial charge is 0.335 e. The first-order chi connectivity index (χ1) is 9.15. The summed E-state index contributed by atoms with van der Waals surface area (Å²) in [6.07, 6.45) is 4.82. The Balaban J connectivity index is 2.28. The minimum Gasteiger partial charge on any atom is -0.335 e. The van der Waals surface area contributed by atoms with Gasteiger partial charge in [0, 0.05) is 23.5 Å². The van der Waals surface area contributed by atoms with E-state index in [1.165, 1.54) is 12.8 Å². The maximum Gasteiger partial charge on any atom is 0.254 e. The molecule has 1 aromatic rings. The van der Waals surface area contributed by atoms with Crippen LogP contribution in [0.4, 0.5) is 0 Å². The van der Waals surface area contributed by atoms with Gasteiger partial charge in [0.1, 0.15) is 0 Å². The number of benzene rings is 1. The van der Waals surface area contributed by atoms with Gasteiger partial charge in [0.2, 0.25) is 0 Å². The van der Waals surface area contributed by atoms with E-state index in [1.54, 1.807) is 0 Å². The number of amides is 1. The second-order valence-corrected chi connectivity index (χ2v) is 6.19. The molecule has 1 fully saturated rings. The first-order valence-corrected chi connectivity index (χ1v) is 8.20. The van der Waals surface area contributed by atoms with Gasteiger partial charge in [-0.1, -0.05) is 47.0 Å². The standard InChI is InChI=1S/C16H22BrNO/c1-12-6-5-7-13(2)15(12)16(19)18(11-10-17)14-8-3-4-9-14/h5-7,14H,3-4,8-11H2,1-2H3. The number of rotatable bonds is 4. The van der Waals surface area contributed by atoms with Crippen molar-refractivity contribution in [1.82, 2.24) is 4.90 Å². The van der Waals surface area contributed by atoms with Gasteiger partial charge in [-0.3, -0.25) is 4.79 Å². The molecule has 0 bridgehead atoms. The molecule has 104 valence electrons. The first kappa shape index (κ1) is 14.6. The molecule has 0 atom stereocenters. The van der Waals surface area contributed by atoms with E-state index in [0.717, 1.165) is 41.4 Å². The molecule has 1 aliphatic carbocycles. The van der Waals surface area contributed by atoms with E-state index in [9.17, 15) is 4.79 Å². The monoisotopic (exact) mass is 323 g/mol. The molecule has 19 heavy (non-hydrogen) atoms. The highest BCUT2D eigenvalue weighted by atomic mass is 79.9. The Morgan fingerprint density at radius 2 is 1.84 bits per heavy atom. The molecule has 1 amide bonds. The van der Waals surface area contributed by atoms with Crippen molar-refractivity contribution >= 4 is 21.8 Å². The van der Waals surface area contributed by atoms with Crippen molar-refractivity contribution in [3.05, 3.63) is 34.9 Å². The summed E-state index contributed by atoms with van der Waals surface area (Å²) in [4.78, 5) is 14.9. The molecule has 0 radical (unpaired) electrons. The number of alkyl halides is 1. The summed E-state index contributed by atoms with van der Waals surface area (Å²) >= 11 is 3.48. The maximum atomic E-state index is 12.9. The quantitative estimate of drug-likeness (QED) is 0.764. The van der Waals surface area contributed by atoms with Gasteiger partial charge in [0.05, 0.1) is 0 Å². The van der Waals surface area contributed by atoms with Crippen LogP contribution < -0.4 is 0 Å². The molecule has 0 aliphatic heterocycles. The predicted molar refractivity (Wildman–Crippen MR) is 83.0 cm³/mol. The molecule has 0 N–H and O–H groups in total. The second kappa shape index (κ2) is 6.56. The molecule has 1 aliphatic rings. The molecule has 3 heteroatoms. The zero-order chi connectivity index (χ0) is 13.8. The Hall–Kier alpha value is -0.830. The molecule has 0 spiro atoms. The maximum absolute atomic E-state index is 12.9. The minimum atomic E-state index is 0.210. The van der Waals surface area contributed by atoms with Crippen LogP contribution in [-0.4, -0.2) is 28.7 Å². The van der Waals surface area contributed by atoms with Crippen molar-refractivity contribution in [3.63, 3.8) is 0 Å². The molecule has 0 unspecified atom stereocenters. The number of hydrogen-bond acceptors (Lipinski definition) is 1. The Morgan fingerprint density at radius 3 is 2.37 bits per heavy atom. The molecular formula is C16H22BrNO. The van der Waals surface area contributed by atoms with E-state index in [2.05, 4.69) is 20.8 Å². The second-order valence-electron chi connectivity index (χ2n) is 5.39. The number of carbonyl (C=O) groups is 1. The van der Waals surface area contributed by atoms with Crippen LogP contribution in [0.25, 0.3) is 0 Å². The minimum absolute atomic E-state index is 0.210. The number of halogens is 1. The van der Waals surface area contributed by atoms with Crippen LogP contribution in [0.15, 0.2) is 18.2 Å². The van der Waals surface area contributed by atoms with Crippen LogP contribution in [0.3, 0.4) is 0 Å². The van der Waals surface area contributed by atoms with E-state index in [1.807, 2.05) is 32.0 Å². The van der Waals surface area contributed by atoms with E-state index < -0.39 is 0 Å². The summed E-state index contributed by atoms with van der Waals surface area (Å²) in [7, 11) is 0. The fourth-order valence-corrected chi connectivity index (χ4v) is 3.43. The highest BCUT2D eigenvalue weighted by Gasteiger charge is 2.28. The van der Waals surface area contributed by atoms with Gasteiger partial charge in [-0.25, -0.2) is 0 Å². The van der Waals surface area contributed by atoms with E-state index in [-0.39, 0.29) is 5.91 Å². The lowest BCUT2D eigenvalue weighted by Crippen LogP contribution is -2.40. The molecule has 2 rings (SSSR count). The van der Waals surface area contributed by atoms with Crippen LogP contribution in [0, 0.1) is 13.8 Å². The van der Waals surface area contributed by atoms with E-state index in [4.69, 9.17) is 0 Å². The van der Waals surface area contributed by atoms with Gasteiger partial charge < -0.3 is 4.90 Å². The lowest BCUT2D eigenvalue weighted by molar-refractivity contribution is 0.0695. The summed E-state index contributed by atoms with van der Waals surface area (Å²) in [5.41, 5.74) is 3.07. The van der Waals surface area contributed by atoms with Crippen molar-refractivity contribution in [3.8, 4) is 0 Å². The third-order valence-corrected chi connectivity index (χ3v) is 4.40. The fourth-order valence-electron chi connectivity index (χ4n) is 3.05. The summed E-state index contributed by atoms with van der Waals surface area (Å²) < 4.78 is 0. The van der Waals surface area contributed by atoms with Gasteiger partial charge >= 0.3 is 0 Å². The Bertz CT molecular complexity index is 432. The van der Waals surface area contributed by atoms with Gasteiger partial charge in [-0.2, -0.15) is 0 Å². The van der Waals surface area contributed by atoms with Gasteiger partial charge in [0.15, 0.2) is 0 Å². The van der Waals surface area contributed by atoms with Crippen LogP contribution in [0.2, 0.25) is 0 Å². The van der Waals surface area contributed by atoms with Crippen LogP contribution in [0.5, 0.6) is 0 Å². The normalized spacial score (nSPS) is 15.7. The lowest BCUT2D eigenvalue weighted by atomic mass is 10.0. The smallest absolute Gasteiger partial charge is 0.254 e. The molecule has 1 aromatic carbocycles. The highest BCUT2D eigenvalue weighted by Crippen LogP contribution is 2.26. The average molecular weight is 324 g/mol. The highest BCUT2D eigenvalue weighted by molar-refractivity contribution is 9.09. The number of carbonyl (C=O) groups excluding carboxylic acids is 1. The van der Waals surface area contributed by atoms with Crippen molar-refractivity contribution in [2.75, 3.05) is 11.9 Å². The molecule has 0 saturated heterocycles. The number of aryl methyl sites for hydroxylation is 2. The van der Waals surface area contributed by atoms with Crippen molar-refractivity contribution in [1.29, 1.82) is 0 Å². The lowest BCUT2D eigenvalue weighted by Gasteiger charge is -2.29. The van der Waals surface area contributed by atoms with Gasteiger partial charge in [-0.05, 0) is 37.8 Å². The van der Waals surface area contributed by atoms with Crippen molar-refractivity contribution < 1.29 is 4.79 Å². The number of hydrogen-bond donors (Lipinski definition) is 0. The number of nitrogens with zero attached hydrogens (tertiary/aromatic N) is 1. The Labute approximate surface area is 124 Å². The van der Waals surface area contributed by atoms with Crippen molar-refractivity contribution in [2.24, 2.45) is 0 Å². The third kappa shape index (κ3) is 3.19. The molecule has 0 aromatic heterocycles. The van der Waals surface area contributed by atoms with Gasteiger partial charge in [-0.15, -0.1) is 0 Å². The third-order valence-electron chi connectivity index (χ3n) is 4.05. The summed E-state index contributed by atoms with van der Waals surface area (Å²) in [5, 5.41) is 0.847. The SMILES string of the molecule is Cc1cccc(C)c1C(=O)N(CCBr)C1CCCC1. The fraction of sp³-hybridized carbons (Fsp3) is 0.562. The Kier molecular flexibility index (Phi) is 5.03.